The van der Waals surface area contributed by atoms with Crippen LogP contribution in [0.1, 0.15) is 37.1 Å². The maximum atomic E-state index is 12.1. The molecule has 1 aliphatic rings. The van der Waals surface area contributed by atoms with Gasteiger partial charge in [-0.3, -0.25) is 14.4 Å². The molecule has 21 heavy (non-hydrogen) atoms. The van der Waals surface area contributed by atoms with Crippen molar-refractivity contribution in [2.75, 3.05) is 6.54 Å². The Labute approximate surface area is 127 Å². The summed E-state index contributed by atoms with van der Waals surface area (Å²) >= 11 is 1.51. The molecule has 0 bridgehead atoms. The topological polar surface area (TPSA) is 87.3 Å². The van der Waals surface area contributed by atoms with Gasteiger partial charge in [0.25, 0.3) is 0 Å². The van der Waals surface area contributed by atoms with Crippen molar-refractivity contribution in [2.45, 2.75) is 38.3 Å². The van der Waals surface area contributed by atoms with Gasteiger partial charge in [-0.25, -0.2) is 0 Å². The van der Waals surface area contributed by atoms with Crippen molar-refractivity contribution in [1.82, 2.24) is 16.0 Å². The number of nitrogens with one attached hydrogen (secondary N) is 3. The van der Waals surface area contributed by atoms with Crippen LogP contribution in [0.4, 0.5) is 0 Å². The van der Waals surface area contributed by atoms with E-state index in [0.29, 0.717) is 19.4 Å². The Hall–Kier alpha value is -1.89. The molecular formula is C14H19N3O3S. The van der Waals surface area contributed by atoms with Crippen molar-refractivity contribution in [3.05, 3.63) is 22.4 Å². The van der Waals surface area contributed by atoms with Crippen LogP contribution in [-0.2, 0) is 14.4 Å². The summed E-state index contributed by atoms with van der Waals surface area (Å²) in [5.41, 5.74) is 0. The van der Waals surface area contributed by atoms with E-state index < -0.39 is 0 Å². The molecular weight excluding hydrogens is 290 g/mol. The highest BCUT2D eigenvalue weighted by atomic mass is 32.1. The van der Waals surface area contributed by atoms with Crippen LogP contribution in [-0.4, -0.2) is 30.3 Å². The van der Waals surface area contributed by atoms with Crippen molar-refractivity contribution in [1.29, 1.82) is 0 Å². The first-order valence-electron chi connectivity index (χ1n) is 6.91. The fraction of sp³-hybridized carbons (Fsp3) is 0.500. The number of hydrogen-bond acceptors (Lipinski definition) is 4. The zero-order valence-corrected chi connectivity index (χ0v) is 12.7. The average Bonchev–Trinajstić information content (AvgIpc) is 2.94. The Bertz CT molecular complexity index is 506. The Morgan fingerprint density at radius 1 is 1.52 bits per heavy atom. The first kappa shape index (κ1) is 15.5. The Kier molecular flexibility index (Phi) is 5.32. The lowest BCUT2D eigenvalue weighted by molar-refractivity contribution is -0.126. The van der Waals surface area contributed by atoms with Crippen molar-refractivity contribution >= 4 is 29.1 Å². The summed E-state index contributed by atoms with van der Waals surface area (Å²) in [6.07, 6.45) is 1.29. The molecule has 0 aliphatic carbocycles. The molecule has 1 aromatic rings. The van der Waals surface area contributed by atoms with E-state index in [0.717, 1.165) is 4.88 Å². The predicted molar refractivity (Wildman–Crippen MR) is 79.7 cm³/mol. The number of hydrogen-bond donors (Lipinski definition) is 3. The van der Waals surface area contributed by atoms with Crippen LogP contribution < -0.4 is 16.0 Å². The van der Waals surface area contributed by atoms with Gasteiger partial charge < -0.3 is 16.0 Å². The molecule has 6 nitrogen and oxygen atoms in total. The van der Waals surface area contributed by atoms with E-state index in [1.165, 1.54) is 18.3 Å². The molecule has 0 spiro atoms. The maximum absolute atomic E-state index is 12.1. The lowest BCUT2D eigenvalue weighted by atomic mass is 10.1. The summed E-state index contributed by atoms with van der Waals surface area (Å²) in [7, 11) is 0. The largest absolute Gasteiger partial charge is 0.354 e. The summed E-state index contributed by atoms with van der Waals surface area (Å²) in [4.78, 5) is 35.4. The third kappa shape index (κ3) is 4.86. The molecule has 3 N–H and O–H groups in total. The minimum absolute atomic E-state index is 0.0233. The smallest absolute Gasteiger partial charge is 0.222 e. The zero-order chi connectivity index (χ0) is 15.2. The van der Waals surface area contributed by atoms with E-state index in [2.05, 4.69) is 16.0 Å². The molecule has 2 atom stereocenters. The highest BCUT2D eigenvalue weighted by molar-refractivity contribution is 7.10. The Morgan fingerprint density at radius 3 is 2.90 bits per heavy atom. The molecule has 7 heteroatoms. The van der Waals surface area contributed by atoms with Crippen molar-refractivity contribution in [2.24, 2.45) is 0 Å². The van der Waals surface area contributed by atoms with E-state index >= 15 is 0 Å². The fourth-order valence-electron chi connectivity index (χ4n) is 2.29. The lowest BCUT2D eigenvalue weighted by Crippen LogP contribution is -2.48. The molecule has 1 aromatic heterocycles. The monoisotopic (exact) mass is 309 g/mol. The van der Waals surface area contributed by atoms with Crippen molar-refractivity contribution in [3.8, 4) is 0 Å². The lowest BCUT2D eigenvalue weighted by Gasteiger charge is -2.24. The number of thiophene rings is 1. The van der Waals surface area contributed by atoms with Gasteiger partial charge in [-0.15, -0.1) is 11.3 Å². The van der Waals surface area contributed by atoms with E-state index in [1.54, 1.807) is 0 Å². The van der Waals surface area contributed by atoms with Crippen LogP contribution in [0.2, 0.25) is 0 Å². The first-order chi connectivity index (χ1) is 10.0. The van der Waals surface area contributed by atoms with Crippen LogP contribution >= 0.6 is 11.3 Å². The molecule has 0 saturated carbocycles. The predicted octanol–water partition coefficient (Wildman–Crippen LogP) is 0.710. The molecule has 2 rings (SSSR count). The molecule has 0 radical (unpaired) electrons. The Balaban J connectivity index is 1.89. The van der Waals surface area contributed by atoms with Gasteiger partial charge in [0, 0.05) is 30.8 Å². The first-order valence-corrected chi connectivity index (χ1v) is 7.79. The van der Waals surface area contributed by atoms with E-state index in [-0.39, 0.29) is 36.2 Å². The second-order valence-corrected chi connectivity index (χ2v) is 6.06. The van der Waals surface area contributed by atoms with Crippen LogP contribution in [0.25, 0.3) is 0 Å². The molecule has 3 amide bonds. The number of carbonyl (C=O) groups excluding carboxylic acids is 3. The van der Waals surface area contributed by atoms with Gasteiger partial charge in [0.15, 0.2) is 0 Å². The van der Waals surface area contributed by atoms with Gasteiger partial charge >= 0.3 is 0 Å². The van der Waals surface area contributed by atoms with Gasteiger partial charge in [0.05, 0.1) is 12.5 Å². The summed E-state index contributed by atoms with van der Waals surface area (Å²) in [5, 5.41) is 10.3. The Morgan fingerprint density at radius 2 is 2.33 bits per heavy atom. The zero-order valence-electron chi connectivity index (χ0n) is 11.8. The van der Waals surface area contributed by atoms with Gasteiger partial charge in [0.1, 0.15) is 0 Å². The SMILES string of the molecule is CC(=O)NC(CC(=O)NC1CCC(=O)NC1)c1cccs1. The second-order valence-electron chi connectivity index (χ2n) is 5.08. The van der Waals surface area contributed by atoms with Crippen molar-refractivity contribution in [3.63, 3.8) is 0 Å². The molecule has 1 fully saturated rings. The van der Waals surface area contributed by atoms with Crippen LogP contribution in [0.15, 0.2) is 17.5 Å². The fourth-order valence-corrected chi connectivity index (χ4v) is 3.06. The number of piperidine rings is 1. The van der Waals surface area contributed by atoms with Gasteiger partial charge in [-0.2, -0.15) is 0 Å². The van der Waals surface area contributed by atoms with Crippen LogP contribution in [0, 0.1) is 0 Å². The highest BCUT2D eigenvalue weighted by Crippen LogP contribution is 2.22. The van der Waals surface area contributed by atoms with Gasteiger partial charge in [0.2, 0.25) is 17.7 Å². The minimum atomic E-state index is -0.305. The highest BCUT2D eigenvalue weighted by Gasteiger charge is 2.22. The summed E-state index contributed by atoms with van der Waals surface area (Å²) < 4.78 is 0. The third-order valence-electron chi connectivity index (χ3n) is 3.28. The minimum Gasteiger partial charge on any atom is -0.354 e. The molecule has 1 saturated heterocycles. The molecule has 2 heterocycles. The van der Waals surface area contributed by atoms with Gasteiger partial charge in [-0.05, 0) is 17.9 Å². The molecule has 114 valence electrons. The van der Waals surface area contributed by atoms with Crippen LogP contribution in [0.3, 0.4) is 0 Å². The summed E-state index contributed by atoms with van der Waals surface area (Å²) in [6, 6.07) is 3.46. The average molecular weight is 309 g/mol. The number of carbonyl (C=O) groups is 3. The number of rotatable bonds is 5. The van der Waals surface area contributed by atoms with E-state index in [9.17, 15) is 14.4 Å². The molecule has 2 unspecified atom stereocenters. The normalized spacial score (nSPS) is 19.5. The summed E-state index contributed by atoms with van der Waals surface area (Å²) in [6.45, 7) is 1.91. The maximum Gasteiger partial charge on any atom is 0.222 e. The molecule has 1 aliphatic heterocycles. The standard InChI is InChI=1S/C14H19N3O3S/c1-9(18)16-11(12-3-2-6-21-12)7-14(20)17-10-4-5-13(19)15-8-10/h2-3,6,10-11H,4-5,7-8H2,1H3,(H,15,19)(H,16,18)(H,17,20). The van der Waals surface area contributed by atoms with Gasteiger partial charge in [-0.1, -0.05) is 6.07 Å². The number of amides is 3. The molecule has 0 aromatic carbocycles. The summed E-state index contributed by atoms with van der Waals surface area (Å²) in [5.74, 6) is -0.260. The van der Waals surface area contributed by atoms with Crippen molar-refractivity contribution < 1.29 is 14.4 Å². The van der Waals surface area contributed by atoms with Crippen LogP contribution in [0.5, 0.6) is 0 Å². The second kappa shape index (κ2) is 7.21. The quantitative estimate of drug-likeness (QED) is 0.748. The third-order valence-corrected chi connectivity index (χ3v) is 4.27. The van der Waals surface area contributed by atoms with E-state index in [1.807, 2.05) is 17.5 Å². The van der Waals surface area contributed by atoms with E-state index in [4.69, 9.17) is 0 Å².